The van der Waals surface area contributed by atoms with E-state index in [1.54, 1.807) is 7.11 Å². The Kier molecular flexibility index (Phi) is 7.50. The molecule has 18 heteroatoms. The molecule has 0 N–H and O–H groups in total. The summed E-state index contributed by atoms with van der Waals surface area (Å²) in [5.41, 5.74) is 0. The Hall–Kier alpha value is 1.08. The monoisotopic (exact) mass is 590 g/mol. The van der Waals surface area contributed by atoms with Crippen LogP contribution in [0.5, 0.6) is 0 Å². The molecule has 5 rings (SSSR count). The van der Waals surface area contributed by atoms with Crippen LogP contribution in [0.3, 0.4) is 0 Å². The second kappa shape index (κ2) is 9.12. The van der Waals surface area contributed by atoms with Crippen LogP contribution in [0.4, 0.5) is 0 Å². The molecule has 0 amide bonds. The lowest BCUT2D eigenvalue weighted by atomic mass is 11.0. The van der Waals surface area contributed by atoms with Crippen molar-refractivity contribution in [2.24, 2.45) is 0 Å². The van der Waals surface area contributed by atoms with Crippen LogP contribution < -0.4 is 0 Å². The van der Waals surface area contributed by atoms with Gasteiger partial charge in [-0.15, -0.1) is 0 Å². The third-order valence-electron chi connectivity index (χ3n) is 6.45. The second-order valence-electron chi connectivity index (χ2n) is 8.48. The molecule has 6 bridgehead atoms. The second-order valence-corrected chi connectivity index (χ2v) is 31.6. The van der Waals surface area contributed by atoms with E-state index in [0.29, 0.717) is 42.3 Å². The van der Waals surface area contributed by atoms with Crippen LogP contribution in [0.25, 0.3) is 0 Å². The molecule has 0 atom stereocenters. The molecule has 5 fully saturated rings. The van der Waals surface area contributed by atoms with Gasteiger partial charge in [-0.2, -0.15) is 0 Å². The summed E-state index contributed by atoms with van der Waals surface area (Å²) in [5, 5.41) is 0. The minimum atomic E-state index is -3.37. The van der Waals surface area contributed by atoms with E-state index in [9.17, 15) is 0 Å². The van der Waals surface area contributed by atoms with Gasteiger partial charge in [0.2, 0.25) is 0 Å². The zero-order chi connectivity index (χ0) is 24.2. The van der Waals surface area contributed by atoms with Gasteiger partial charge < -0.3 is 45.6 Å². The topological polar surface area (TPSA) is 102 Å². The summed E-state index contributed by atoms with van der Waals surface area (Å²) in [7, 11) is -21.8. The highest BCUT2D eigenvalue weighted by molar-refractivity contribution is 7.01. The van der Waals surface area contributed by atoms with Gasteiger partial charge >= 0.3 is 61.6 Å². The third kappa shape index (κ3) is 4.41. The van der Waals surface area contributed by atoms with Crippen LogP contribution in [0, 0.1) is 0 Å². The molecule has 0 aromatic rings. The fraction of sp³-hybridized carbons (Fsp3) is 1.00. The Morgan fingerprint density at radius 3 is 0.727 bits per heavy atom. The fourth-order valence-electron chi connectivity index (χ4n) is 4.44. The molecule has 0 saturated carbocycles. The van der Waals surface area contributed by atoms with Crippen molar-refractivity contribution in [1.29, 1.82) is 0 Å². The Bertz CT molecular complexity index is 657. The molecule has 11 nitrogen and oxygen atoms in total. The summed E-state index contributed by atoms with van der Waals surface area (Å²) in [6, 6.07) is 3.71. The molecular formula is C15H38O11Si7. The fourth-order valence-corrected chi connectivity index (χ4v) is 46.2. The Morgan fingerprint density at radius 2 is 0.576 bits per heavy atom. The van der Waals surface area contributed by atoms with Crippen molar-refractivity contribution >= 4 is 61.6 Å². The molecule has 5 aliphatic rings. The van der Waals surface area contributed by atoms with E-state index in [1.807, 2.05) is 48.5 Å². The lowest BCUT2D eigenvalue weighted by Crippen LogP contribution is -2.86. The zero-order valence-corrected chi connectivity index (χ0v) is 27.9. The molecule has 0 radical (unpaired) electrons. The molecule has 0 unspecified atom stereocenters. The van der Waals surface area contributed by atoms with Crippen LogP contribution in [-0.2, 0) is 45.6 Å². The van der Waals surface area contributed by atoms with Gasteiger partial charge in [0.05, 0.1) is 0 Å². The average molecular weight is 591 g/mol. The Morgan fingerprint density at radius 1 is 0.364 bits per heavy atom. The first-order valence-corrected chi connectivity index (χ1v) is 25.6. The van der Waals surface area contributed by atoms with E-state index in [4.69, 9.17) is 45.6 Å². The van der Waals surface area contributed by atoms with Gasteiger partial charge in [0.15, 0.2) is 0 Å². The van der Waals surface area contributed by atoms with Crippen molar-refractivity contribution in [2.75, 3.05) is 7.11 Å². The molecule has 0 aromatic heterocycles. The van der Waals surface area contributed by atoms with Gasteiger partial charge in [-0.3, -0.25) is 0 Å². The SMILES string of the molecule is CC[Si]1(OC)O[Si]2(CC)O[Si]3(CC)O[Si](CC)(O2)O[Si]2(CC)O[Si](CC)(O1)O[Si](CC)(O2)O3. The summed E-state index contributed by atoms with van der Waals surface area (Å²) in [6.07, 6.45) is 0. The van der Waals surface area contributed by atoms with Crippen LogP contribution in [0.2, 0.25) is 42.3 Å². The van der Waals surface area contributed by atoms with E-state index in [2.05, 4.69) is 0 Å². The third-order valence-corrected chi connectivity index (χ3v) is 38.0. The summed E-state index contributed by atoms with van der Waals surface area (Å²) < 4.78 is 73.9. The number of fused-ring (bicyclic) bond motifs is 2. The van der Waals surface area contributed by atoms with Crippen molar-refractivity contribution in [3.63, 3.8) is 0 Å². The number of hydrogen-bond acceptors (Lipinski definition) is 11. The van der Waals surface area contributed by atoms with E-state index in [1.165, 1.54) is 0 Å². The zero-order valence-electron chi connectivity index (χ0n) is 20.9. The summed E-state index contributed by atoms with van der Waals surface area (Å²) in [5.74, 6) is 0. The van der Waals surface area contributed by atoms with Crippen LogP contribution >= 0.6 is 0 Å². The van der Waals surface area contributed by atoms with E-state index >= 15 is 0 Å². The molecule has 192 valence electrons. The summed E-state index contributed by atoms with van der Waals surface area (Å²) in [4.78, 5) is 0. The maximum atomic E-state index is 6.89. The minimum absolute atomic E-state index is 0.526. The first-order valence-electron chi connectivity index (χ1n) is 12.1. The summed E-state index contributed by atoms with van der Waals surface area (Å²) >= 11 is 0. The lowest BCUT2D eigenvalue weighted by molar-refractivity contribution is -0.0202. The highest BCUT2D eigenvalue weighted by atomic mass is 28.6. The van der Waals surface area contributed by atoms with Gasteiger partial charge in [-0.1, -0.05) is 48.5 Å². The molecule has 0 aliphatic carbocycles. The molecular weight excluding hydrogens is 553 g/mol. The largest absolute Gasteiger partial charge is 0.485 e. The van der Waals surface area contributed by atoms with Gasteiger partial charge in [0, 0.05) is 49.4 Å². The van der Waals surface area contributed by atoms with Gasteiger partial charge in [0.25, 0.3) is 0 Å². The van der Waals surface area contributed by atoms with Crippen molar-refractivity contribution in [3.05, 3.63) is 0 Å². The van der Waals surface area contributed by atoms with Crippen LogP contribution in [0.1, 0.15) is 48.5 Å². The number of hydrogen-bond donors (Lipinski definition) is 0. The van der Waals surface area contributed by atoms with E-state index < -0.39 is 61.6 Å². The van der Waals surface area contributed by atoms with Gasteiger partial charge in [-0.05, 0) is 0 Å². The van der Waals surface area contributed by atoms with Crippen molar-refractivity contribution in [3.8, 4) is 0 Å². The summed E-state index contributed by atoms with van der Waals surface area (Å²) in [6.45, 7) is 14.1. The van der Waals surface area contributed by atoms with Crippen LogP contribution in [-0.4, -0.2) is 68.7 Å². The smallest absolute Gasteiger partial charge is 0.378 e. The molecule has 5 saturated heterocycles. The highest BCUT2D eigenvalue weighted by Gasteiger charge is 2.79. The minimum Gasteiger partial charge on any atom is -0.378 e. The van der Waals surface area contributed by atoms with Crippen LogP contribution in [0.15, 0.2) is 0 Å². The van der Waals surface area contributed by atoms with E-state index in [-0.39, 0.29) is 0 Å². The average Bonchev–Trinajstić information content (AvgIpc) is 2.82. The molecule has 5 heterocycles. The van der Waals surface area contributed by atoms with E-state index in [0.717, 1.165) is 0 Å². The molecule has 5 aliphatic heterocycles. The standard InChI is InChI=1S/C15H38O11Si7/c1-9-27(16-8)17-28(10-2)19-30(12-4)23-31(13-5,20-28)26-33(15-7)22-29(11-3,18-27)21-32(14-6,24-33)25-30/h9-15H2,1-8H3. The highest BCUT2D eigenvalue weighted by Crippen LogP contribution is 2.51. The lowest BCUT2D eigenvalue weighted by Gasteiger charge is -2.61. The Balaban J connectivity index is 2.03. The predicted molar refractivity (Wildman–Crippen MR) is 132 cm³/mol. The normalized spacial score (nSPS) is 51.6. The Labute approximate surface area is 204 Å². The van der Waals surface area contributed by atoms with Gasteiger partial charge in [-0.25, -0.2) is 0 Å². The molecule has 0 spiro atoms. The number of rotatable bonds is 8. The molecule has 33 heavy (non-hydrogen) atoms. The van der Waals surface area contributed by atoms with Crippen molar-refractivity contribution < 1.29 is 45.6 Å². The maximum absolute atomic E-state index is 6.89. The maximum Gasteiger partial charge on any atom is 0.485 e. The predicted octanol–water partition coefficient (Wildman–Crippen LogP) is 3.56. The van der Waals surface area contributed by atoms with Crippen molar-refractivity contribution in [1.82, 2.24) is 0 Å². The molecule has 0 aromatic carbocycles. The first-order chi connectivity index (χ1) is 15.6. The quantitative estimate of drug-likeness (QED) is 0.388. The first kappa shape index (κ1) is 27.1. The van der Waals surface area contributed by atoms with Crippen molar-refractivity contribution in [2.45, 2.75) is 90.8 Å². The van der Waals surface area contributed by atoms with Gasteiger partial charge in [0.1, 0.15) is 0 Å².